The molecule has 13 heavy (non-hydrogen) atoms. The van der Waals surface area contributed by atoms with Crippen LogP contribution in [0.15, 0.2) is 16.6 Å². The molecule has 0 saturated carbocycles. The van der Waals surface area contributed by atoms with Gasteiger partial charge in [-0.15, -0.1) is 0 Å². The van der Waals surface area contributed by atoms with Crippen molar-refractivity contribution in [2.75, 3.05) is 13.8 Å². The molecule has 1 aromatic rings. The number of hydrogen-bond acceptors (Lipinski definition) is 3. The van der Waals surface area contributed by atoms with E-state index in [2.05, 4.69) is 21.2 Å². The van der Waals surface area contributed by atoms with Crippen molar-refractivity contribution in [3.05, 3.63) is 22.2 Å². The highest BCUT2D eigenvalue weighted by atomic mass is 79.9. The van der Waals surface area contributed by atoms with Gasteiger partial charge in [-0.3, -0.25) is 0 Å². The van der Waals surface area contributed by atoms with Crippen LogP contribution >= 0.6 is 15.9 Å². The predicted octanol–water partition coefficient (Wildman–Crippen LogP) is 1.90. The number of hydrogen-bond donors (Lipinski definition) is 1. The Labute approximate surface area is 85.2 Å². The Kier molecular flexibility index (Phi) is 2.42. The lowest BCUT2D eigenvalue weighted by atomic mass is 10.2. The van der Waals surface area contributed by atoms with E-state index >= 15 is 0 Å². The Morgan fingerprint density at radius 2 is 2.31 bits per heavy atom. The van der Waals surface area contributed by atoms with Crippen LogP contribution in [0, 0.1) is 0 Å². The van der Waals surface area contributed by atoms with Crippen molar-refractivity contribution in [2.45, 2.75) is 6.54 Å². The predicted molar refractivity (Wildman–Crippen MR) is 53.0 cm³/mol. The number of benzene rings is 1. The fourth-order valence-electron chi connectivity index (χ4n) is 1.33. The zero-order valence-electron chi connectivity index (χ0n) is 7.26. The van der Waals surface area contributed by atoms with Crippen molar-refractivity contribution in [3.63, 3.8) is 0 Å². The molecule has 0 unspecified atom stereocenters. The quantitative estimate of drug-likeness (QED) is 0.861. The first-order chi connectivity index (χ1) is 6.31. The molecule has 0 spiro atoms. The number of fused-ring (bicyclic) bond motifs is 1. The van der Waals surface area contributed by atoms with Crippen LogP contribution in [0.5, 0.6) is 11.5 Å². The molecule has 70 valence electrons. The highest BCUT2D eigenvalue weighted by Gasteiger charge is 2.17. The molecular weight excluding hydrogens is 234 g/mol. The van der Waals surface area contributed by atoms with Crippen LogP contribution in [0.3, 0.4) is 0 Å². The van der Waals surface area contributed by atoms with Gasteiger partial charge in [0.25, 0.3) is 0 Å². The van der Waals surface area contributed by atoms with Crippen molar-refractivity contribution in [1.29, 1.82) is 0 Å². The van der Waals surface area contributed by atoms with Crippen LogP contribution in [0.4, 0.5) is 0 Å². The second-order valence-electron chi connectivity index (χ2n) is 2.84. The topological polar surface area (TPSA) is 30.5 Å². The molecule has 1 heterocycles. The van der Waals surface area contributed by atoms with Gasteiger partial charge in [0.05, 0.1) is 4.47 Å². The molecular formula is C9H10BrNO2. The van der Waals surface area contributed by atoms with Crippen molar-refractivity contribution in [2.24, 2.45) is 0 Å². The minimum atomic E-state index is 0.316. The number of nitrogens with one attached hydrogen (secondary N) is 1. The third-order valence-electron chi connectivity index (χ3n) is 1.87. The average molecular weight is 244 g/mol. The minimum Gasteiger partial charge on any atom is -0.454 e. The molecule has 0 amide bonds. The third-order valence-corrected chi connectivity index (χ3v) is 2.46. The summed E-state index contributed by atoms with van der Waals surface area (Å²) in [4.78, 5) is 0. The number of ether oxygens (including phenoxy) is 2. The molecule has 1 aromatic carbocycles. The van der Waals surface area contributed by atoms with Gasteiger partial charge in [-0.05, 0) is 40.7 Å². The van der Waals surface area contributed by atoms with Crippen molar-refractivity contribution >= 4 is 15.9 Å². The summed E-state index contributed by atoms with van der Waals surface area (Å²) in [5, 5.41) is 3.09. The van der Waals surface area contributed by atoms with Gasteiger partial charge < -0.3 is 14.8 Å². The fourth-order valence-corrected chi connectivity index (χ4v) is 1.93. The molecule has 3 nitrogen and oxygen atoms in total. The van der Waals surface area contributed by atoms with E-state index in [0.29, 0.717) is 6.79 Å². The molecule has 0 saturated heterocycles. The van der Waals surface area contributed by atoms with E-state index in [1.54, 1.807) is 0 Å². The second-order valence-corrected chi connectivity index (χ2v) is 3.70. The Morgan fingerprint density at radius 1 is 1.46 bits per heavy atom. The number of rotatable bonds is 2. The van der Waals surface area contributed by atoms with Crippen molar-refractivity contribution in [1.82, 2.24) is 5.32 Å². The standard InChI is InChI=1S/C9H10BrNO2/c1-11-4-6-2-7(10)9-8(3-6)12-5-13-9/h2-3,11H,4-5H2,1H3. The number of halogens is 1. The summed E-state index contributed by atoms with van der Waals surface area (Å²) in [5.41, 5.74) is 1.18. The van der Waals surface area contributed by atoms with Gasteiger partial charge in [0.2, 0.25) is 6.79 Å². The van der Waals surface area contributed by atoms with Gasteiger partial charge in [-0.2, -0.15) is 0 Å². The molecule has 0 bridgehead atoms. The van der Waals surface area contributed by atoms with Crippen molar-refractivity contribution in [3.8, 4) is 11.5 Å². The van der Waals surface area contributed by atoms with Crippen LogP contribution in [0.1, 0.15) is 5.56 Å². The zero-order chi connectivity index (χ0) is 9.26. The van der Waals surface area contributed by atoms with Crippen LogP contribution in [0.2, 0.25) is 0 Å². The molecule has 1 aliphatic rings. The highest BCUT2D eigenvalue weighted by molar-refractivity contribution is 9.10. The maximum atomic E-state index is 5.29. The lowest BCUT2D eigenvalue weighted by Crippen LogP contribution is -2.04. The summed E-state index contributed by atoms with van der Waals surface area (Å²) in [6, 6.07) is 4.02. The largest absolute Gasteiger partial charge is 0.454 e. The van der Waals surface area contributed by atoms with E-state index < -0.39 is 0 Å². The van der Waals surface area contributed by atoms with Gasteiger partial charge in [0.15, 0.2) is 11.5 Å². The minimum absolute atomic E-state index is 0.316. The van der Waals surface area contributed by atoms with Gasteiger partial charge in [-0.1, -0.05) is 0 Å². The Hall–Kier alpha value is -0.740. The van der Waals surface area contributed by atoms with Gasteiger partial charge in [0.1, 0.15) is 0 Å². The Morgan fingerprint density at radius 3 is 3.08 bits per heavy atom. The normalized spacial score (nSPS) is 13.4. The van der Waals surface area contributed by atoms with E-state index in [1.165, 1.54) is 5.56 Å². The molecule has 4 heteroatoms. The van der Waals surface area contributed by atoms with E-state index in [1.807, 2.05) is 19.2 Å². The molecule has 1 N–H and O–H groups in total. The molecule has 0 aromatic heterocycles. The lowest BCUT2D eigenvalue weighted by Gasteiger charge is -2.03. The summed E-state index contributed by atoms with van der Waals surface area (Å²) in [6.07, 6.45) is 0. The van der Waals surface area contributed by atoms with Crippen LogP contribution in [0.25, 0.3) is 0 Å². The summed E-state index contributed by atoms with van der Waals surface area (Å²) in [6.45, 7) is 1.15. The highest BCUT2D eigenvalue weighted by Crippen LogP contribution is 2.39. The molecule has 0 radical (unpaired) electrons. The lowest BCUT2D eigenvalue weighted by molar-refractivity contribution is 0.173. The maximum absolute atomic E-state index is 5.29. The maximum Gasteiger partial charge on any atom is 0.231 e. The first kappa shape index (κ1) is 8.84. The fraction of sp³-hybridized carbons (Fsp3) is 0.333. The Bertz CT molecular complexity index is 328. The molecule has 2 rings (SSSR count). The average Bonchev–Trinajstić information content (AvgIpc) is 2.53. The second kappa shape index (κ2) is 3.55. The van der Waals surface area contributed by atoms with E-state index in [9.17, 15) is 0 Å². The summed E-state index contributed by atoms with van der Waals surface area (Å²) in [5.74, 6) is 1.62. The Balaban J connectivity index is 2.37. The summed E-state index contributed by atoms with van der Waals surface area (Å²) < 4.78 is 11.5. The molecule has 1 aliphatic heterocycles. The first-order valence-electron chi connectivity index (χ1n) is 4.04. The molecule has 0 atom stereocenters. The van der Waals surface area contributed by atoms with Gasteiger partial charge >= 0.3 is 0 Å². The molecule has 0 fully saturated rings. The van der Waals surface area contributed by atoms with Gasteiger partial charge in [0, 0.05) is 6.54 Å². The smallest absolute Gasteiger partial charge is 0.231 e. The van der Waals surface area contributed by atoms with E-state index in [0.717, 1.165) is 22.5 Å². The van der Waals surface area contributed by atoms with E-state index in [4.69, 9.17) is 9.47 Å². The zero-order valence-corrected chi connectivity index (χ0v) is 8.85. The van der Waals surface area contributed by atoms with Crippen molar-refractivity contribution < 1.29 is 9.47 Å². The first-order valence-corrected chi connectivity index (χ1v) is 4.83. The van der Waals surface area contributed by atoms with E-state index in [-0.39, 0.29) is 0 Å². The SMILES string of the molecule is CNCc1cc(Br)c2c(c1)OCO2. The van der Waals surface area contributed by atoms with Crippen LogP contribution < -0.4 is 14.8 Å². The monoisotopic (exact) mass is 243 g/mol. The summed E-state index contributed by atoms with van der Waals surface area (Å²) in [7, 11) is 1.92. The van der Waals surface area contributed by atoms with Gasteiger partial charge in [-0.25, -0.2) is 0 Å². The third kappa shape index (κ3) is 1.64. The molecule has 0 aliphatic carbocycles. The van der Waals surface area contributed by atoms with Crippen LogP contribution in [-0.2, 0) is 6.54 Å². The summed E-state index contributed by atoms with van der Waals surface area (Å²) >= 11 is 3.44. The van der Waals surface area contributed by atoms with Crippen LogP contribution in [-0.4, -0.2) is 13.8 Å².